The fourth-order valence-electron chi connectivity index (χ4n) is 2.77. The summed E-state index contributed by atoms with van der Waals surface area (Å²) >= 11 is 0. The highest BCUT2D eigenvalue weighted by Gasteiger charge is 2.20. The molecule has 1 amide bonds. The molecule has 7 nitrogen and oxygen atoms in total. The van der Waals surface area contributed by atoms with E-state index in [0.29, 0.717) is 0 Å². The lowest BCUT2D eigenvalue weighted by molar-refractivity contribution is -0.384. The van der Waals surface area contributed by atoms with Gasteiger partial charge in [-0.25, -0.2) is 4.79 Å². The summed E-state index contributed by atoms with van der Waals surface area (Å²) in [6.07, 6.45) is 0.937. The number of nitrogens with zero attached hydrogens (tertiary/aromatic N) is 1. The summed E-state index contributed by atoms with van der Waals surface area (Å²) in [4.78, 5) is 34.5. The zero-order valence-corrected chi connectivity index (χ0v) is 16.2. The SMILES string of the molecule is CCc1ccc([C@H](NC(=O)COC(=O)c2cccc([N+](=O)[O-])c2)C(C)C)cc1. The van der Waals surface area contributed by atoms with Gasteiger partial charge in [-0.1, -0.05) is 51.1 Å². The largest absolute Gasteiger partial charge is 0.452 e. The van der Waals surface area contributed by atoms with Crippen LogP contribution in [0.1, 0.15) is 48.3 Å². The molecule has 2 aromatic carbocycles. The third-order valence-electron chi connectivity index (χ3n) is 4.36. The molecule has 0 spiro atoms. The van der Waals surface area contributed by atoms with E-state index in [1.54, 1.807) is 0 Å². The van der Waals surface area contributed by atoms with Crippen LogP contribution >= 0.6 is 0 Å². The van der Waals surface area contributed by atoms with Gasteiger partial charge >= 0.3 is 5.97 Å². The van der Waals surface area contributed by atoms with Gasteiger partial charge in [-0.2, -0.15) is 0 Å². The van der Waals surface area contributed by atoms with Crippen LogP contribution < -0.4 is 5.32 Å². The van der Waals surface area contributed by atoms with E-state index in [2.05, 4.69) is 12.2 Å². The lowest BCUT2D eigenvalue weighted by atomic mass is 9.95. The van der Waals surface area contributed by atoms with Crippen molar-refractivity contribution in [2.75, 3.05) is 6.61 Å². The summed E-state index contributed by atoms with van der Waals surface area (Å²) in [7, 11) is 0. The molecule has 1 atom stereocenters. The number of nitrogens with one attached hydrogen (secondary N) is 1. The van der Waals surface area contributed by atoms with Crippen LogP contribution in [0.4, 0.5) is 5.69 Å². The van der Waals surface area contributed by atoms with Crippen molar-refractivity contribution in [3.8, 4) is 0 Å². The van der Waals surface area contributed by atoms with Crippen LogP contribution in [0.5, 0.6) is 0 Å². The third kappa shape index (κ3) is 5.64. The maximum Gasteiger partial charge on any atom is 0.338 e. The van der Waals surface area contributed by atoms with Gasteiger partial charge in [0, 0.05) is 12.1 Å². The number of aryl methyl sites for hydroxylation is 1. The van der Waals surface area contributed by atoms with E-state index < -0.39 is 23.4 Å². The smallest absolute Gasteiger partial charge is 0.338 e. The summed E-state index contributed by atoms with van der Waals surface area (Å²) in [5, 5.41) is 13.7. The number of benzene rings is 2. The molecule has 0 aliphatic carbocycles. The number of hydrogen-bond donors (Lipinski definition) is 1. The second-order valence-electron chi connectivity index (χ2n) is 6.77. The number of nitro benzene ring substituents is 1. The molecule has 0 heterocycles. The number of esters is 1. The van der Waals surface area contributed by atoms with Crippen LogP contribution in [-0.2, 0) is 16.0 Å². The molecule has 148 valence electrons. The Morgan fingerprint density at radius 3 is 2.39 bits per heavy atom. The maximum absolute atomic E-state index is 12.3. The summed E-state index contributed by atoms with van der Waals surface area (Å²) in [5.41, 5.74) is 2.00. The van der Waals surface area contributed by atoms with Gasteiger partial charge in [-0.05, 0) is 29.5 Å². The number of nitro groups is 1. The lowest BCUT2D eigenvalue weighted by Gasteiger charge is -2.23. The number of hydrogen-bond acceptors (Lipinski definition) is 5. The first-order chi connectivity index (χ1) is 13.3. The number of carbonyl (C=O) groups excluding carboxylic acids is 2. The predicted octanol–water partition coefficient (Wildman–Crippen LogP) is 3.83. The van der Waals surface area contributed by atoms with Crippen molar-refractivity contribution in [1.29, 1.82) is 0 Å². The minimum absolute atomic E-state index is 0.0255. The molecule has 0 bridgehead atoms. The first-order valence-electron chi connectivity index (χ1n) is 9.11. The summed E-state index contributed by atoms with van der Waals surface area (Å²) < 4.78 is 5.00. The first kappa shape index (κ1) is 21.1. The number of ether oxygens (including phenoxy) is 1. The van der Waals surface area contributed by atoms with Crippen LogP contribution in [0, 0.1) is 16.0 Å². The van der Waals surface area contributed by atoms with Crippen LogP contribution in [0.25, 0.3) is 0 Å². The lowest BCUT2D eigenvalue weighted by Crippen LogP contribution is -2.35. The Labute approximate surface area is 163 Å². The average molecular weight is 384 g/mol. The minimum atomic E-state index is -0.785. The molecular formula is C21H24N2O5. The van der Waals surface area contributed by atoms with Gasteiger partial charge in [-0.15, -0.1) is 0 Å². The summed E-state index contributed by atoms with van der Waals surface area (Å²) in [5.74, 6) is -1.08. The Morgan fingerprint density at radius 2 is 1.82 bits per heavy atom. The Kier molecular flexibility index (Phi) is 7.26. The van der Waals surface area contributed by atoms with Crippen molar-refractivity contribution in [3.63, 3.8) is 0 Å². The molecule has 2 aromatic rings. The molecular weight excluding hydrogens is 360 g/mol. The van der Waals surface area contributed by atoms with Crippen LogP contribution in [0.2, 0.25) is 0 Å². The second kappa shape index (κ2) is 9.64. The Hall–Kier alpha value is -3.22. The van der Waals surface area contributed by atoms with Crippen molar-refractivity contribution in [2.24, 2.45) is 5.92 Å². The van der Waals surface area contributed by atoms with E-state index in [1.807, 2.05) is 38.1 Å². The van der Waals surface area contributed by atoms with Crippen molar-refractivity contribution in [3.05, 3.63) is 75.3 Å². The van der Waals surface area contributed by atoms with E-state index in [4.69, 9.17) is 4.74 Å². The Balaban J connectivity index is 1.98. The van der Waals surface area contributed by atoms with Crippen LogP contribution in [0.3, 0.4) is 0 Å². The topological polar surface area (TPSA) is 98.5 Å². The van der Waals surface area contributed by atoms with E-state index >= 15 is 0 Å². The van der Waals surface area contributed by atoms with Gasteiger partial charge < -0.3 is 10.1 Å². The fourth-order valence-corrected chi connectivity index (χ4v) is 2.77. The zero-order valence-electron chi connectivity index (χ0n) is 16.2. The standard InChI is InChI=1S/C21H24N2O5/c1-4-15-8-10-16(11-9-15)20(14(2)3)22-19(24)13-28-21(25)17-6-5-7-18(12-17)23(26)27/h5-12,14,20H,4,13H2,1-3H3,(H,22,24)/t20-/m1/s1. The molecule has 0 aliphatic rings. The molecule has 2 rings (SSSR count). The van der Waals surface area contributed by atoms with Gasteiger partial charge in [0.25, 0.3) is 11.6 Å². The number of amides is 1. The normalized spacial score (nSPS) is 11.7. The van der Waals surface area contributed by atoms with Crippen LogP contribution in [-0.4, -0.2) is 23.4 Å². The van der Waals surface area contributed by atoms with Gasteiger partial charge in [0.15, 0.2) is 6.61 Å². The van der Waals surface area contributed by atoms with Crippen molar-refractivity contribution < 1.29 is 19.2 Å². The molecule has 0 radical (unpaired) electrons. The first-order valence-corrected chi connectivity index (χ1v) is 9.11. The van der Waals surface area contributed by atoms with Crippen molar-refractivity contribution in [2.45, 2.75) is 33.2 Å². The third-order valence-corrected chi connectivity index (χ3v) is 4.36. The second-order valence-corrected chi connectivity index (χ2v) is 6.77. The van der Waals surface area contributed by atoms with Crippen molar-refractivity contribution >= 4 is 17.6 Å². The fraction of sp³-hybridized carbons (Fsp3) is 0.333. The van der Waals surface area contributed by atoms with E-state index in [9.17, 15) is 19.7 Å². The van der Waals surface area contributed by atoms with E-state index in [0.717, 1.165) is 18.1 Å². The number of carbonyl (C=O) groups is 2. The molecule has 0 aliphatic heterocycles. The monoisotopic (exact) mass is 384 g/mol. The molecule has 0 fully saturated rings. The number of rotatable bonds is 8. The minimum Gasteiger partial charge on any atom is -0.452 e. The molecule has 0 saturated carbocycles. The molecule has 0 saturated heterocycles. The van der Waals surface area contributed by atoms with Gasteiger partial charge in [-0.3, -0.25) is 14.9 Å². The van der Waals surface area contributed by atoms with Gasteiger partial charge in [0.2, 0.25) is 0 Å². The predicted molar refractivity (Wildman–Crippen MR) is 105 cm³/mol. The van der Waals surface area contributed by atoms with Gasteiger partial charge in [0.1, 0.15) is 0 Å². The molecule has 1 N–H and O–H groups in total. The summed E-state index contributed by atoms with van der Waals surface area (Å²) in [6, 6.07) is 13.0. The molecule has 0 aromatic heterocycles. The maximum atomic E-state index is 12.3. The Morgan fingerprint density at radius 1 is 1.14 bits per heavy atom. The van der Waals surface area contributed by atoms with Crippen LogP contribution in [0.15, 0.2) is 48.5 Å². The van der Waals surface area contributed by atoms with E-state index in [-0.39, 0.29) is 23.2 Å². The summed E-state index contributed by atoms with van der Waals surface area (Å²) in [6.45, 7) is 5.60. The van der Waals surface area contributed by atoms with Crippen molar-refractivity contribution in [1.82, 2.24) is 5.32 Å². The molecule has 28 heavy (non-hydrogen) atoms. The highest BCUT2D eigenvalue weighted by atomic mass is 16.6. The average Bonchev–Trinajstić information content (AvgIpc) is 2.70. The Bertz CT molecular complexity index is 846. The van der Waals surface area contributed by atoms with E-state index in [1.165, 1.54) is 23.8 Å². The van der Waals surface area contributed by atoms with Gasteiger partial charge in [0.05, 0.1) is 16.5 Å². The highest BCUT2D eigenvalue weighted by Crippen LogP contribution is 2.22. The zero-order chi connectivity index (χ0) is 20.7. The highest BCUT2D eigenvalue weighted by molar-refractivity contribution is 5.92. The quantitative estimate of drug-likeness (QED) is 0.424. The molecule has 7 heteroatoms. The molecule has 0 unspecified atom stereocenters. The number of non-ortho nitro benzene ring substituents is 1.